The standard InChI is InChI=1S/C20H21ClFNO2/c21-19-6-2-1-4-15(19)14-17-5-3-12-23(17)20(24)11-13-25-18-9-7-16(22)8-10-18/h1-2,4,6-10,17H,3,5,11-14H2. The summed E-state index contributed by atoms with van der Waals surface area (Å²) in [5.74, 6) is 0.364. The van der Waals surface area contributed by atoms with Gasteiger partial charge in [-0.05, 0) is 55.2 Å². The lowest BCUT2D eigenvalue weighted by Crippen LogP contribution is -2.37. The number of nitrogens with zero attached hydrogens (tertiary/aromatic N) is 1. The van der Waals surface area contributed by atoms with Crippen LogP contribution in [0.5, 0.6) is 5.75 Å². The van der Waals surface area contributed by atoms with Gasteiger partial charge < -0.3 is 9.64 Å². The van der Waals surface area contributed by atoms with Gasteiger partial charge in [-0.25, -0.2) is 4.39 Å². The summed E-state index contributed by atoms with van der Waals surface area (Å²) in [6.45, 7) is 1.07. The van der Waals surface area contributed by atoms with Crippen molar-refractivity contribution in [3.8, 4) is 5.75 Å². The molecule has 0 N–H and O–H groups in total. The number of hydrogen-bond acceptors (Lipinski definition) is 2. The van der Waals surface area contributed by atoms with E-state index in [1.54, 1.807) is 12.1 Å². The molecule has 1 atom stereocenters. The topological polar surface area (TPSA) is 29.5 Å². The van der Waals surface area contributed by atoms with Crippen LogP contribution in [-0.2, 0) is 11.2 Å². The normalized spacial score (nSPS) is 16.9. The quantitative estimate of drug-likeness (QED) is 0.759. The number of halogens is 2. The molecule has 1 amide bonds. The second kappa shape index (κ2) is 8.34. The van der Waals surface area contributed by atoms with E-state index in [0.29, 0.717) is 18.8 Å². The van der Waals surface area contributed by atoms with Crippen LogP contribution >= 0.6 is 11.6 Å². The summed E-state index contributed by atoms with van der Waals surface area (Å²) in [6, 6.07) is 13.8. The fourth-order valence-corrected chi connectivity index (χ4v) is 3.44. The van der Waals surface area contributed by atoms with Gasteiger partial charge in [0.05, 0.1) is 13.0 Å². The van der Waals surface area contributed by atoms with Gasteiger partial charge in [0.25, 0.3) is 0 Å². The molecule has 5 heteroatoms. The van der Waals surface area contributed by atoms with E-state index < -0.39 is 0 Å². The fraction of sp³-hybridized carbons (Fsp3) is 0.350. The third-order valence-corrected chi connectivity index (χ3v) is 4.88. The minimum absolute atomic E-state index is 0.0941. The van der Waals surface area contributed by atoms with E-state index in [-0.39, 0.29) is 17.8 Å². The van der Waals surface area contributed by atoms with Gasteiger partial charge in [-0.15, -0.1) is 0 Å². The lowest BCUT2D eigenvalue weighted by Gasteiger charge is -2.25. The van der Waals surface area contributed by atoms with Crippen molar-refractivity contribution in [2.45, 2.75) is 31.7 Å². The highest BCUT2D eigenvalue weighted by atomic mass is 35.5. The highest BCUT2D eigenvalue weighted by molar-refractivity contribution is 6.31. The summed E-state index contributed by atoms with van der Waals surface area (Å²) < 4.78 is 18.4. The van der Waals surface area contributed by atoms with Crippen molar-refractivity contribution in [1.29, 1.82) is 0 Å². The highest BCUT2D eigenvalue weighted by Gasteiger charge is 2.28. The molecule has 1 aliphatic heterocycles. The summed E-state index contributed by atoms with van der Waals surface area (Å²) in [6.07, 6.45) is 3.11. The molecule has 1 saturated heterocycles. The molecule has 1 unspecified atom stereocenters. The Labute approximate surface area is 152 Å². The Hall–Kier alpha value is -2.07. The van der Waals surface area contributed by atoms with Crippen LogP contribution in [0.2, 0.25) is 5.02 Å². The van der Waals surface area contributed by atoms with E-state index in [4.69, 9.17) is 16.3 Å². The van der Waals surface area contributed by atoms with Crippen molar-refractivity contribution in [3.05, 3.63) is 64.9 Å². The molecular weight excluding hydrogens is 341 g/mol. The van der Waals surface area contributed by atoms with Gasteiger partial charge in [-0.3, -0.25) is 4.79 Å². The minimum atomic E-state index is -0.303. The van der Waals surface area contributed by atoms with Crippen LogP contribution in [0.3, 0.4) is 0 Å². The van der Waals surface area contributed by atoms with Gasteiger partial charge >= 0.3 is 0 Å². The first-order chi connectivity index (χ1) is 12.1. The largest absolute Gasteiger partial charge is 0.493 e. The van der Waals surface area contributed by atoms with Crippen molar-refractivity contribution < 1.29 is 13.9 Å². The number of hydrogen-bond donors (Lipinski definition) is 0. The van der Waals surface area contributed by atoms with Crippen molar-refractivity contribution >= 4 is 17.5 Å². The number of benzene rings is 2. The van der Waals surface area contributed by atoms with Crippen LogP contribution in [0.15, 0.2) is 48.5 Å². The zero-order chi connectivity index (χ0) is 17.6. The molecule has 0 radical (unpaired) electrons. The molecule has 0 bridgehead atoms. The summed E-state index contributed by atoms with van der Waals surface area (Å²) in [7, 11) is 0. The Bertz CT molecular complexity index is 720. The van der Waals surface area contributed by atoms with E-state index in [0.717, 1.165) is 36.4 Å². The van der Waals surface area contributed by atoms with Crippen LogP contribution in [0.1, 0.15) is 24.8 Å². The maximum atomic E-state index is 12.9. The first-order valence-electron chi connectivity index (χ1n) is 8.55. The molecule has 0 spiro atoms. The second-order valence-electron chi connectivity index (χ2n) is 6.23. The minimum Gasteiger partial charge on any atom is -0.493 e. The van der Waals surface area contributed by atoms with Crippen molar-refractivity contribution in [2.75, 3.05) is 13.2 Å². The predicted octanol–water partition coefficient (Wildman–Crippen LogP) is 4.48. The van der Waals surface area contributed by atoms with Crippen molar-refractivity contribution in [3.63, 3.8) is 0 Å². The van der Waals surface area contributed by atoms with Gasteiger partial charge in [0, 0.05) is 17.6 Å². The molecular formula is C20H21ClFNO2. The maximum Gasteiger partial charge on any atom is 0.226 e. The zero-order valence-corrected chi connectivity index (χ0v) is 14.7. The van der Waals surface area contributed by atoms with Crippen LogP contribution in [-0.4, -0.2) is 30.0 Å². The van der Waals surface area contributed by atoms with Crippen LogP contribution < -0.4 is 4.74 Å². The monoisotopic (exact) mass is 361 g/mol. The Balaban J connectivity index is 1.52. The molecule has 1 fully saturated rings. The van der Waals surface area contributed by atoms with Crippen molar-refractivity contribution in [1.82, 2.24) is 4.90 Å². The van der Waals surface area contributed by atoms with Gasteiger partial charge in [0.15, 0.2) is 0 Å². The number of rotatable bonds is 6. The Morgan fingerprint density at radius 3 is 2.72 bits per heavy atom. The number of amides is 1. The Kier molecular flexibility index (Phi) is 5.92. The summed E-state index contributed by atoms with van der Waals surface area (Å²) >= 11 is 6.24. The van der Waals surface area contributed by atoms with E-state index in [2.05, 4.69) is 0 Å². The second-order valence-corrected chi connectivity index (χ2v) is 6.64. The van der Waals surface area contributed by atoms with E-state index in [9.17, 15) is 9.18 Å². The molecule has 132 valence electrons. The molecule has 0 aliphatic carbocycles. The van der Waals surface area contributed by atoms with E-state index in [1.165, 1.54) is 12.1 Å². The summed E-state index contributed by atoms with van der Waals surface area (Å²) in [4.78, 5) is 14.5. The van der Waals surface area contributed by atoms with Gasteiger partial charge in [0.2, 0.25) is 5.91 Å². The van der Waals surface area contributed by atoms with Gasteiger partial charge in [-0.1, -0.05) is 29.8 Å². The SMILES string of the molecule is O=C(CCOc1ccc(F)cc1)N1CCCC1Cc1ccccc1Cl. The summed E-state index contributed by atoms with van der Waals surface area (Å²) in [5, 5.41) is 0.751. The number of carbonyl (C=O) groups is 1. The average Bonchev–Trinajstić information content (AvgIpc) is 3.07. The van der Waals surface area contributed by atoms with Gasteiger partial charge in [0.1, 0.15) is 11.6 Å². The molecule has 3 nitrogen and oxygen atoms in total. The molecule has 1 heterocycles. The number of ether oxygens (including phenoxy) is 1. The van der Waals surface area contributed by atoms with Crippen molar-refractivity contribution in [2.24, 2.45) is 0 Å². The molecule has 2 aromatic rings. The molecule has 25 heavy (non-hydrogen) atoms. The molecule has 3 rings (SSSR count). The lowest BCUT2D eigenvalue weighted by atomic mass is 10.0. The smallest absolute Gasteiger partial charge is 0.226 e. The zero-order valence-electron chi connectivity index (χ0n) is 14.0. The van der Waals surface area contributed by atoms with E-state index >= 15 is 0 Å². The first kappa shape index (κ1) is 17.7. The third kappa shape index (κ3) is 4.73. The van der Waals surface area contributed by atoms with Crippen LogP contribution in [0, 0.1) is 5.82 Å². The number of carbonyl (C=O) groups excluding carboxylic acids is 1. The highest BCUT2D eigenvalue weighted by Crippen LogP contribution is 2.25. The Morgan fingerprint density at radius 2 is 1.96 bits per heavy atom. The predicted molar refractivity (Wildman–Crippen MR) is 96.4 cm³/mol. The molecule has 2 aromatic carbocycles. The van der Waals surface area contributed by atoms with Crippen LogP contribution in [0.4, 0.5) is 4.39 Å². The molecule has 1 aliphatic rings. The lowest BCUT2D eigenvalue weighted by molar-refractivity contribution is -0.132. The first-order valence-corrected chi connectivity index (χ1v) is 8.92. The van der Waals surface area contributed by atoms with Gasteiger partial charge in [-0.2, -0.15) is 0 Å². The fourth-order valence-electron chi connectivity index (χ4n) is 3.22. The van der Waals surface area contributed by atoms with Crippen LogP contribution in [0.25, 0.3) is 0 Å². The average molecular weight is 362 g/mol. The molecule has 0 saturated carbocycles. The maximum absolute atomic E-state index is 12.9. The van der Waals surface area contributed by atoms with E-state index in [1.807, 2.05) is 29.2 Å². The third-order valence-electron chi connectivity index (χ3n) is 4.51. The molecule has 0 aromatic heterocycles. The summed E-state index contributed by atoms with van der Waals surface area (Å²) in [5.41, 5.74) is 1.08. The number of likely N-dealkylation sites (tertiary alicyclic amines) is 1. The Morgan fingerprint density at radius 1 is 1.20 bits per heavy atom.